The Morgan fingerprint density at radius 1 is 1.16 bits per heavy atom. The number of thiazole rings is 1. The van der Waals surface area contributed by atoms with E-state index in [9.17, 15) is 14.4 Å². The van der Waals surface area contributed by atoms with Crippen LogP contribution in [-0.2, 0) is 14.4 Å². The first-order chi connectivity index (χ1) is 11.8. The number of amides is 3. The first kappa shape index (κ1) is 17.3. The summed E-state index contributed by atoms with van der Waals surface area (Å²) in [5, 5.41) is 5.02. The number of likely N-dealkylation sites (tertiary alicyclic amines) is 1. The second-order valence-corrected chi connectivity index (χ2v) is 7.09. The van der Waals surface area contributed by atoms with Crippen LogP contribution in [0, 0.1) is 20.8 Å². The van der Waals surface area contributed by atoms with Crippen LogP contribution in [0.3, 0.4) is 0 Å². The van der Waals surface area contributed by atoms with E-state index < -0.39 is 5.91 Å². The quantitative estimate of drug-likeness (QED) is 0.854. The van der Waals surface area contributed by atoms with Gasteiger partial charge in [-0.05, 0) is 31.9 Å². The number of anilines is 1. The topological polar surface area (TPSA) is 79.4 Å². The van der Waals surface area contributed by atoms with Crippen LogP contribution in [0.4, 0.5) is 5.13 Å². The van der Waals surface area contributed by atoms with E-state index in [0.717, 1.165) is 27.3 Å². The lowest BCUT2D eigenvalue weighted by Gasteiger charge is -2.12. The van der Waals surface area contributed by atoms with Gasteiger partial charge in [0.05, 0.1) is 5.69 Å². The molecular formula is C18H19N3O3S. The Kier molecular flexibility index (Phi) is 4.67. The van der Waals surface area contributed by atoms with Crippen molar-refractivity contribution in [2.75, 3.05) is 11.9 Å². The van der Waals surface area contributed by atoms with Gasteiger partial charge in [-0.3, -0.25) is 19.3 Å². The van der Waals surface area contributed by atoms with Gasteiger partial charge in [-0.15, -0.1) is 11.3 Å². The van der Waals surface area contributed by atoms with Crippen molar-refractivity contribution in [3.8, 4) is 11.3 Å². The molecule has 0 aliphatic carbocycles. The van der Waals surface area contributed by atoms with E-state index in [1.54, 1.807) is 0 Å². The standard InChI is InChI=1S/C18H19N3O3S/c1-10-6-11(2)17(12(3)7-10)13-9-25-18(19-13)20-14(22)8-21-15(23)4-5-16(21)24/h6-7,9H,4-5,8H2,1-3H3,(H,19,20,22). The Bertz CT molecular complexity index is 833. The highest BCUT2D eigenvalue weighted by molar-refractivity contribution is 7.14. The molecule has 0 radical (unpaired) electrons. The molecule has 1 aliphatic rings. The molecule has 6 nitrogen and oxygen atoms in total. The summed E-state index contributed by atoms with van der Waals surface area (Å²) in [4.78, 5) is 40.7. The number of carbonyl (C=O) groups is 3. The maximum absolute atomic E-state index is 12.1. The molecule has 2 aromatic rings. The Labute approximate surface area is 149 Å². The predicted octanol–water partition coefficient (Wildman–Crippen LogP) is 2.82. The average molecular weight is 357 g/mol. The summed E-state index contributed by atoms with van der Waals surface area (Å²) >= 11 is 1.32. The molecule has 0 unspecified atom stereocenters. The normalized spacial score (nSPS) is 14.3. The zero-order valence-electron chi connectivity index (χ0n) is 14.4. The monoisotopic (exact) mass is 357 g/mol. The summed E-state index contributed by atoms with van der Waals surface area (Å²) in [6.45, 7) is 5.88. The molecule has 1 aliphatic heterocycles. The Morgan fingerprint density at radius 2 is 1.76 bits per heavy atom. The number of benzene rings is 1. The summed E-state index contributed by atoms with van der Waals surface area (Å²) < 4.78 is 0. The molecular weight excluding hydrogens is 338 g/mol. The van der Waals surface area contributed by atoms with Crippen LogP contribution in [0.2, 0.25) is 0 Å². The second kappa shape index (κ2) is 6.76. The summed E-state index contributed by atoms with van der Waals surface area (Å²) in [6, 6.07) is 4.20. The van der Waals surface area contributed by atoms with Crippen LogP contribution < -0.4 is 5.32 Å². The van der Waals surface area contributed by atoms with E-state index >= 15 is 0 Å². The number of aromatic nitrogens is 1. The number of hydrogen-bond acceptors (Lipinski definition) is 5. The summed E-state index contributed by atoms with van der Waals surface area (Å²) in [5.74, 6) is -1.02. The lowest BCUT2D eigenvalue weighted by Crippen LogP contribution is -2.36. The van der Waals surface area contributed by atoms with Gasteiger partial charge in [0.2, 0.25) is 17.7 Å². The third-order valence-corrected chi connectivity index (χ3v) is 4.90. The molecule has 0 bridgehead atoms. The van der Waals surface area contributed by atoms with Crippen molar-refractivity contribution in [2.24, 2.45) is 0 Å². The van der Waals surface area contributed by atoms with Gasteiger partial charge in [-0.25, -0.2) is 4.98 Å². The molecule has 130 valence electrons. The first-order valence-electron chi connectivity index (χ1n) is 8.02. The molecule has 25 heavy (non-hydrogen) atoms. The predicted molar refractivity (Wildman–Crippen MR) is 96.3 cm³/mol. The van der Waals surface area contributed by atoms with Crippen LogP contribution in [-0.4, -0.2) is 34.2 Å². The smallest absolute Gasteiger partial charge is 0.246 e. The molecule has 1 saturated heterocycles. The molecule has 0 spiro atoms. The minimum atomic E-state index is -0.415. The molecule has 0 saturated carbocycles. The maximum Gasteiger partial charge on any atom is 0.246 e. The molecule has 2 heterocycles. The van der Waals surface area contributed by atoms with Gasteiger partial charge in [0, 0.05) is 23.8 Å². The molecule has 1 aromatic carbocycles. The van der Waals surface area contributed by atoms with Crippen LogP contribution in [0.25, 0.3) is 11.3 Å². The fourth-order valence-electron chi connectivity index (χ4n) is 3.13. The number of carbonyl (C=O) groups excluding carboxylic acids is 3. The van der Waals surface area contributed by atoms with Gasteiger partial charge >= 0.3 is 0 Å². The lowest BCUT2D eigenvalue weighted by molar-refractivity contribution is -0.141. The molecule has 1 aromatic heterocycles. The van der Waals surface area contributed by atoms with Gasteiger partial charge in [0.1, 0.15) is 6.54 Å². The van der Waals surface area contributed by atoms with Gasteiger partial charge in [-0.2, -0.15) is 0 Å². The van der Waals surface area contributed by atoms with E-state index in [1.807, 2.05) is 19.2 Å². The second-order valence-electron chi connectivity index (χ2n) is 6.23. The van der Waals surface area contributed by atoms with E-state index in [2.05, 4.69) is 29.4 Å². The largest absolute Gasteiger partial charge is 0.300 e. The van der Waals surface area contributed by atoms with E-state index in [0.29, 0.717) is 5.13 Å². The van der Waals surface area contributed by atoms with E-state index in [-0.39, 0.29) is 31.2 Å². The number of aryl methyl sites for hydroxylation is 3. The molecule has 3 rings (SSSR count). The Balaban J connectivity index is 1.73. The molecule has 1 fully saturated rings. The maximum atomic E-state index is 12.1. The lowest BCUT2D eigenvalue weighted by atomic mass is 9.98. The van der Waals surface area contributed by atoms with Gasteiger partial charge in [0.25, 0.3) is 0 Å². The summed E-state index contributed by atoms with van der Waals surface area (Å²) in [6.07, 6.45) is 0.360. The Hall–Kier alpha value is -2.54. The van der Waals surface area contributed by atoms with Crippen molar-refractivity contribution < 1.29 is 14.4 Å². The third-order valence-electron chi connectivity index (χ3n) is 4.14. The number of rotatable bonds is 4. The molecule has 7 heteroatoms. The fourth-order valence-corrected chi connectivity index (χ4v) is 3.85. The van der Waals surface area contributed by atoms with Crippen LogP contribution in [0.5, 0.6) is 0 Å². The highest BCUT2D eigenvalue weighted by Gasteiger charge is 2.30. The van der Waals surface area contributed by atoms with Crippen molar-refractivity contribution in [1.82, 2.24) is 9.88 Å². The first-order valence-corrected chi connectivity index (χ1v) is 8.90. The van der Waals surface area contributed by atoms with Crippen LogP contribution in [0.15, 0.2) is 17.5 Å². The highest BCUT2D eigenvalue weighted by Crippen LogP contribution is 2.31. The van der Waals surface area contributed by atoms with E-state index in [4.69, 9.17) is 0 Å². The number of nitrogens with one attached hydrogen (secondary N) is 1. The number of nitrogens with zero attached hydrogens (tertiary/aromatic N) is 2. The molecule has 0 atom stereocenters. The van der Waals surface area contributed by atoms with Gasteiger partial charge < -0.3 is 5.32 Å². The van der Waals surface area contributed by atoms with Crippen LogP contribution >= 0.6 is 11.3 Å². The minimum absolute atomic E-state index is 0.180. The zero-order chi connectivity index (χ0) is 18.1. The minimum Gasteiger partial charge on any atom is -0.300 e. The number of imide groups is 1. The molecule has 3 amide bonds. The average Bonchev–Trinajstić information content (AvgIpc) is 3.08. The SMILES string of the molecule is Cc1cc(C)c(-c2csc(NC(=O)CN3C(=O)CCC3=O)n2)c(C)c1. The Morgan fingerprint density at radius 3 is 2.36 bits per heavy atom. The van der Waals surface area contributed by atoms with Crippen molar-refractivity contribution in [3.05, 3.63) is 34.2 Å². The van der Waals surface area contributed by atoms with Gasteiger partial charge in [0.15, 0.2) is 5.13 Å². The van der Waals surface area contributed by atoms with Crippen LogP contribution in [0.1, 0.15) is 29.5 Å². The fraction of sp³-hybridized carbons (Fsp3) is 0.333. The summed E-state index contributed by atoms with van der Waals surface area (Å²) in [5.41, 5.74) is 5.33. The zero-order valence-corrected chi connectivity index (χ0v) is 15.2. The molecule has 1 N–H and O–H groups in total. The highest BCUT2D eigenvalue weighted by atomic mass is 32.1. The summed E-state index contributed by atoms with van der Waals surface area (Å²) in [7, 11) is 0. The van der Waals surface area contributed by atoms with Crippen molar-refractivity contribution in [1.29, 1.82) is 0 Å². The van der Waals surface area contributed by atoms with E-state index in [1.165, 1.54) is 16.9 Å². The van der Waals surface area contributed by atoms with Crippen molar-refractivity contribution in [3.63, 3.8) is 0 Å². The van der Waals surface area contributed by atoms with Crippen molar-refractivity contribution in [2.45, 2.75) is 33.6 Å². The number of hydrogen-bond donors (Lipinski definition) is 1. The van der Waals surface area contributed by atoms with Gasteiger partial charge in [-0.1, -0.05) is 17.7 Å². The third kappa shape index (κ3) is 3.61. The van der Waals surface area contributed by atoms with Crippen molar-refractivity contribution >= 4 is 34.2 Å².